The Balaban J connectivity index is 1.39. The molecule has 0 saturated heterocycles. The van der Waals surface area contributed by atoms with Crippen LogP contribution in [0.2, 0.25) is 0 Å². The third kappa shape index (κ3) is 3.06. The molecule has 0 heterocycles. The molecule has 144 valence electrons. The van der Waals surface area contributed by atoms with Crippen LogP contribution < -0.4 is 10.1 Å². The Labute approximate surface area is 163 Å². The van der Waals surface area contributed by atoms with Gasteiger partial charge in [0.15, 0.2) is 0 Å². The summed E-state index contributed by atoms with van der Waals surface area (Å²) in [5.74, 6) is 4.08. The lowest BCUT2D eigenvalue weighted by molar-refractivity contribution is -0.0706. The molecule has 0 aliphatic heterocycles. The van der Waals surface area contributed by atoms with E-state index in [1.807, 2.05) is 0 Å². The van der Waals surface area contributed by atoms with Gasteiger partial charge in [0.05, 0.1) is 6.61 Å². The summed E-state index contributed by atoms with van der Waals surface area (Å²) in [6.45, 7) is 6.15. The van der Waals surface area contributed by atoms with Crippen molar-refractivity contribution in [3.8, 4) is 5.75 Å². The first kappa shape index (κ1) is 17.6. The van der Waals surface area contributed by atoms with Gasteiger partial charge in [-0.2, -0.15) is 0 Å². The molecule has 4 fully saturated rings. The molecule has 0 spiro atoms. The molecule has 4 aliphatic carbocycles. The van der Waals surface area contributed by atoms with Gasteiger partial charge in [-0.1, -0.05) is 30.3 Å². The second kappa shape index (κ2) is 6.81. The lowest BCUT2D eigenvalue weighted by Gasteiger charge is -2.59. The lowest BCUT2D eigenvalue weighted by atomic mass is 9.48. The fraction of sp³-hybridized carbons (Fsp3) is 0.600. The van der Waals surface area contributed by atoms with Crippen LogP contribution in [-0.4, -0.2) is 12.6 Å². The normalized spacial score (nSPS) is 32.7. The number of fused-ring (bicyclic) bond motifs is 1. The molecular formula is C25H33NO. The zero-order valence-electron chi connectivity index (χ0n) is 16.8. The minimum Gasteiger partial charge on any atom is -0.494 e. The summed E-state index contributed by atoms with van der Waals surface area (Å²) in [5, 5.41) is 6.60. The van der Waals surface area contributed by atoms with Gasteiger partial charge in [-0.15, -0.1) is 0 Å². The number of ether oxygens (including phenoxy) is 1. The van der Waals surface area contributed by atoms with Gasteiger partial charge in [-0.05, 0) is 92.4 Å². The average Bonchev–Trinajstić information content (AvgIpc) is 2.66. The van der Waals surface area contributed by atoms with E-state index in [4.69, 9.17) is 4.74 Å². The second-order valence-electron chi connectivity index (χ2n) is 9.58. The second-order valence-corrected chi connectivity index (χ2v) is 9.58. The van der Waals surface area contributed by atoms with Crippen LogP contribution in [0, 0.1) is 23.2 Å². The third-order valence-electron chi connectivity index (χ3n) is 7.89. The highest BCUT2D eigenvalue weighted by atomic mass is 16.5. The van der Waals surface area contributed by atoms with Gasteiger partial charge < -0.3 is 10.1 Å². The minimum atomic E-state index is 0.547. The molecule has 4 aliphatic rings. The molecule has 6 rings (SSSR count). The Morgan fingerprint density at radius 1 is 1.00 bits per heavy atom. The van der Waals surface area contributed by atoms with Crippen molar-refractivity contribution in [3.63, 3.8) is 0 Å². The Kier molecular flexibility index (Phi) is 4.43. The molecular weight excluding hydrogens is 330 g/mol. The van der Waals surface area contributed by atoms with Crippen molar-refractivity contribution in [1.29, 1.82) is 0 Å². The molecule has 2 nitrogen and oxygen atoms in total. The molecule has 1 atom stereocenters. The fourth-order valence-electron chi connectivity index (χ4n) is 6.97. The predicted molar refractivity (Wildman–Crippen MR) is 112 cm³/mol. The zero-order chi connectivity index (χ0) is 18.4. The summed E-state index contributed by atoms with van der Waals surface area (Å²) >= 11 is 0. The van der Waals surface area contributed by atoms with Crippen molar-refractivity contribution in [3.05, 3.63) is 42.0 Å². The van der Waals surface area contributed by atoms with Gasteiger partial charge in [0.1, 0.15) is 5.75 Å². The van der Waals surface area contributed by atoms with Crippen molar-refractivity contribution >= 4 is 10.8 Å². The standard InChI is InChI=1S/C25H33NO/c1-3-27-24-9-8-21-6-4-5-7-22(21)23(24)16-26-17(2)25-13-18-10-19(14-25)12-20(11-18)15-25/h4-9,17-20,26H,3,10-16H2,1-2H3/t17-,18?,19?,20?,25?/m1/s1. The first-order valence-corrected chi connectivity index (χ1v) is 11.0. The predicted octanol–water partition coefficient (Wildman–Crippen LogP) is 5.93. The SMILES string of the molecule is CCOc1ccc2ccccc2c1CN[C@H](C)C12CC3CC(CC(C3)C1)C2. The maximum atomic E-state index is 5.99. The third-order valence-corrected chi connectivity index (χ3v) is 7.89. The Bertz CT molecular complexity index is 791. The van der Waals surface area contributed by atoms with E-state index >= 15 is 0 Å². The highest BCUT2D eigenvalue weighted by Crippen LogP contribution is 2.61. The van der Waals surface area contributed by atoms with Crippen LogP contribution in [0.5, 0.6) is 5.75 Å². The molecule has 27 heavy (non-hydrogen) atoms. The van der Waals surface area contributed by atoms with Crippen LogP contribution in [0.1, 0.15) is 57.9 Å². The molecule has 0 amide bonds. The molecule has 2 aromatic carbocycles. The highest BCUT2D eigenvalue weighted by Gasteiger charge is 2.52. The lowest BCUT2D eigenvalue weighted by Crippen LogP contribution is -2.54. The summed E-state index contributed by atoms with van der Waals surface area (Å²) < 4.78 is 5.99. The Morgan fingerprint density at radius 3 is 2.33 bits per heavy atom. The number of rotatable bonds is 6. The first-order chi connectivity index (χ1) is 13.2. The maximum absolute atomic E-state index is 5.99. The van der Waals surface area contributed by atoms with Crippen molar-refractivity contribution in [2.75, 3.05) is 6.61 Å². The van der Waals surface area contributed by atoms with Gasteiger partial charge >= 0.3 is 0 Å². The van der Waals surface area contributed by atoms with Gasteiger partial charge in [0.2, 0.25) is 0 Å². The zero-order valence-corrected chi connectivity index (χ0v) is 16.8. The average molecular weight is 364 g/mol. The molecule has 1 N–H and O–H groups in total. The van der Waals surface area contributed by atoms with E-state index in [1.54, 1.807) is 0 Å². The van der Waals surface area contributed by atoms with Gasteiger partial charge in [-0.25, -0.2) is 0 Å². The Hall–Kier alpha value is -1.54. The summed E-state index contributed by atoms with van der Waals surface area (Å²) in [5.41, 5.74) is 1.87. The topological polar surface area (TPSA) is 21.3 Å². The van der Waals surface area contributed by atoms with E-state index in [2.05, 4.69) is 55.6 Å². The monoisotopic (exact) mass is 363 g/mol. The van der Waals surface area contributed by atoms with Crippen LogP contribution in [0.3, 0.4) is 0 Å². The van der Waals surface area contributed by atoms with Crippen LogP contribution >= 0.6 is 0 Å². The summed E-state index contributed by atoms with van der Waals surface area (Å²) in [6, 6.07) is 13.6. The quantitative estimate of drug-likeness (QED) is 0.686. The summed E-state index contributed by atoms with van der Waals surface area (Å²) in [4.78, 5) is 0. The number of hydrogen-bond donors (Lipinski definition) is 1. The smallest absolute Gasteiger partial charge is 0.124 e. The van der Waals surface area contributed by atoms with Crippen LogP contribution in [-0.2, 0) is 6.54 Å². The van der Waals surface area contributed by atoms with Gasteiger partial charge in [0.25, 0.3) is 0 Å². The Morgan fingerprint density at radius 2 is 1.67 bits per heavy atom. The largest absolute Gasteiger partial charge is 0.494 e. The van der Waals surface area contributed by atoms with Gasteiger partial charge in [0, 0.05) is 18.2 Å². The summed E-state index contributed by atoms with van der Waals surface area (Å²) in [7, 11) is 0. The fourth-order valence-corrected chi connectivity index (χ4v) is 6.97. The maximum Gasteiger partial charge on any atom is 0.124 e. The first-order valence-electron chi connectivity index (χ1n) is 11.0. The van der Waals surface area contributed by atoms with Crippen LogP contribution in [0.15, 0.2) is 36.4 Å². The van der Waals surface area contributed by atoms with Crippen LogP contribution in [0.25, 0.3) is 10.8 Å². The highest BCUT2D eigenvalue weighted by molar-refractivity contribution is 5.87. The van der Waals surface area contributed by atoms with Gasteiger partial charge in [-0.3, -0.25) is 0 Å². The molecule has 0 unspecified atom stereocenters. The molecule has 4 bridgehead atoms. The minimum absolute atomic E-state index is 0.547. The molecule has 4 saturated carbocycles. The van der Waals surface area contributed by atoms with E-state index < -0.39 is 0 Å². The molecule has 0 aromatic heterocycles. The summed E-state index contributed by atoms with van der Waals surface area (Å²) in [6.07, 6.45) is 8.93. The number of nitrogens with one attached hydrogen (secondary N) is 1. The van der Waals surface area contributed by atoms with E-state index in [9.17, 15) is 0 Å². The molecule has 0 radical (unpaired) electrons. The van der Waals surface area contributed by atoms with E-state index in [0.717, 1.165) is 36.7 Å². The molecule has 2 aromatic rings. The van der Waals surface area contributed by atoms with Crippen molar-refractivity contribution in [2.24, 2.45) is 23.2 Å². The van der Waals surface area contributed by atoms with E-state index in [1.165, 1.54) is 54.9 Å². The van der Waals surface area contributed by atoms with E-state index in [0.29, 0.717) is 11.5 Å². The molecule has 2 heteroatoms. The van der Waals surface area contributed by atoms with E-state index in [-0.39, 0.29) is 0 Å². The van der Waals surface area contributed by atoms with Crippen LogP contribution in [0.4, 0.5) is 0 Å². The van der Waals surface area contributed by atoms with Crippen molar-refractivity contribution < 1.29 is 4.74 Å². The van der Waals surface area contributed by atoms with Crippen molar-refractivity contribution in [1.82, 2.24) is 5.32 Å². The van der Waals surface area contributed by atoms with Crippen molar-refractivity contribution in [2.45, 2.75) is 65.0 Å². The number of hydrogen-bond acceptors (Lipinski definition) is 2. The number of benzene rings is 2.